The molecule has 26 heavy (non-hydrogen) atoms. The quantitative estimate of drug-likeness (QED) is 0.830. The number of carbonyl (C=O) groups is 2. The van der Waals surface area contributed by atoms with E-state index >= 15 is 0 Å². The minimum atomic E-state index is -0.191. The van der Waals surface area contributed by atoms with Crippen LogP contribution in [0.15, 0.2) is 42.5 Å². The highest BCUT2D eigenvalue weighted by atomic mass is 35.5. The number of hydrogen-bond acceptors (Lipinski definition) is 2. The number of rotatable bonds is 4. The predicted octanol–water partition coefficient (Wildman–Crippen LogP) is 4.54. The Hall–Kier alpha value is -2.33. The fourth-order valence-corrected chi connectivity index (χ4v) is 3.52. The Morgan fingerprint density at radius 3 is 2.69 bits per heavy atom. The summed E-state index contributed by atoms with van der Waals surface area (Å²) in [4.78, 5) is 25.1. The van der Waals surface area contributed by atoms with Crippen LogP contribution in [0.5, 0.6) is 0 Å². The number of nitrogens with one attached hydrogen (secondary N) is 2. The number of amides is 2. The van der Waals surface area contributed by atoms with Crippen LogP contribution in [-0.2, 0) is 11.2 Å². The summed E-state index contributed by atoms with van der Waals surface area (Å²) in [6.45, 7) is 3.80. The van der Waals surface area contributed by atoms with Gasteiger partial charge in [-0.25, -0.2) is 0 Å². The Morgan fingerprint density at radius 2 is 1.92 bits per heavy atom. The van der Waals surface area contributed by atoms with Crippen molar-refractivity contribution < 1.29 is 9.59 Å². The normalized spacial score (nSPS) is 16.1. The second kappa shape index (κ2) is 7.92. The van der Waals surface area contributed by atoms with Gasteiger partial charge in [-0.15, -0.1) is 0 Å². The summed E-state index contributed by atoms with van der Waals surface area (Å²) >= 11 is 6.24. The molecule has 1 aliphatic carbocycles. The van der Waals surface area contributed by atoms with Crippen molar-refractivity contribution >= 4 is 29.1 Å². The summed E-state index contributed by atoms with van der Waals surface area (Å²) in [6.07, 6.45) is 2.80. The molecule has 0 fully saturated rings. The van der Waals surface area contributed by atoms with E-state index in [9.17, 15) is 9.59 Å². The van der Waals surface area contributed by atoms with Crippen molar-refractivity contribution in [3.05, 3.63) is 64.2 Å². The van der Waals surface area contributed by atoms with Crippen LogP contribution in [0.4, 0.5) is 5.69 Å². The van der Waals surface area contributed by atoms with Crippen molar-refractivity contribution in [1.82, 2.24) is 5.32 Å². The minimum Gasteiger partial charge on any atom is -0.350 e. The van der Waals surface area contributed by atoms with Gasteiger partial charge in [-0.2, -0.15) is 0 Å². The molecule has 0 bridgehead atoms. The predicted molar refractivity (Wildman–Crippen MR) is 105 cm³/mol. The third kappa shape index (κ3) is 4.07. The molecular formula is C21H23ClN2O2. The number of benzene rings is 2. The molecule has 1 aliphatic rings. The molecule has 0 radical (unpaired) electrons. The highest BCUT2D eigenvalue weighted by Gasteiger charge is 2.26. The maximum absolute atomic E-state index is 12.9. The first-order valence-electron chi connectivity index (χ1n) is 8.95. The van der Waals surface area contributed by atoms with Crippen LogP contribution in [-0.4, -0.2) is 17.9 Å². The van der Waals surface area contributed by atoms with Gasteiger partial charge in [0.25, 0.3) is 5.91 Å². The zero-order chi connectivity index (χ0) is 18.7. The van der Waals surface area contributed by atoms with Crippen molar-refractivity contribution in [2.45, 2.75) is 45.1 Å². The Labute approximate surface area is 158 Å². The van der Waals surface area contributed by atoms with Crippen LogP contribution in [0.1, 0.15) is 54.1 Å². The lowest BCUT2D eigenvalue weighted by atomic mass is 9.82. The number of aryl methyl sites for hydroxylation is 1. The van der Waals surface area contributed by atoms with Gasteiger partial charge in [0, 0.05) is 11.6 Å². The molecule has 0 saturated heterocycles. The third-order valence-electron chi connectivity index (χ3n) is 4.59. The maximum atomic E-state index is 12.9. The lowest BCUT2D eigenvalue weighted by Crippen LogP contribution is -2.30. The van der Waals surface area contributed by atoms with Gasteiger partial charge in [-0.05, 0) is 62.4 Å². The van der Waals surface area contributed by atoms with Crippen LogP contribution in [0.3, 0.4) is 0 Å². The lowest BCUT2D eigenvalue weighted by molar-refractivity contribution is -0.117. The topological polar surface area (TPSA) is 58.2 Å². The van der Waals surface area contributed by atoms with Gasteiger partial charge in [0.05, 0.1) is 16.6 Å². The fourth-order valence-electron chi connectivity index (χ4n) is 3.35. The molecule has 0 aliphatic heterocycles. The number of halogens is 1. The van der Waals surface area contributed by atoms with Gasteiger partial charge in [0.1, 0.15) is 0 Å². The molecule has 1 atom stereocenters. The molecule has 0 aromatic heterocycles. The van der Waals surface area contributed by atoms with E-state index in [1.807, 2.05) is 32.0 Å². The SMILES string of the molecule is CC(C)NC(=O)c1ccc(Cl)c(NC(=O)C2CCCc3ccccc32)c1. The van der Waals surface area contributed by atoms with Gasteiger partial charge in [0.15, 0.2) is 0 Å². The van der Waals surface area contributed by atoms with E-state index in [1.54, 1.807) is 18.2 Å². The Balaban J connectivity index is 1.81. The second-order valence-electron chi connectivity index (χ2n) is 6.96. The van der Waals surface area contributed by atoms with E-state index < -0.39 is 0 Å². The van der Waals surface area contributed by atoms with Crippen LogP contribution in [0.25, 0.3) is 0 Å². The Bertz CT molecular complexity index is 833. The summed E-state index contributed by atoms with van der Waals surface area (Å²) in [5, 5.41) is 6.18. The van der Waals surface area contributed by atoms with Gasteiger partial charge < -0.3 is 10.6 Å². The van der Waals surface area contributed by atoms with Crippen LogP contribution < -0.4 is 10.6 Å². The summed E-state index contributed by atoms with van der Waals surface area (Å²) in [5.41, 5.74) is 3.26. The average molecular weight is 371 g/mol. The van der Waals surface area contributed by atoms with E-state index in [2.05, 4.69) is 16.7 Å². The first-order valence-corrected chi connectivity index (χ1v) is 9.32. The molecule has 0 saturated carbocycles. The summed E-state index contributed by atoms with van der Waals surface area (Å²) in [7, 11) is 0. The van der Waals surface area contributed by atoms with Crippen molar-refractivity contribution in [2.75, 3.05) is 5.32 Å². The molecule has 0 spiro atoms. The van der Waals surface area contributed by atoms with E-state index in [0.717, 1.165) is 24.8 Å². The summed E-state index contributed by atoms with van der Waals surface area (Å²) in [6, 6.07) is 13.0. The van der Waals surface area contributed by atoms with Crippen molar-refractivity contribution in [3.8, 4) is 0 Å². The van der Waals surface area contributed by atoms with Crippen molar-refractivity contribution in [1.29, 1.82) is 0 Å². The standard InChI is InChI=1S/C21H23ClN2O2/c1-13(2)23-20(25)15-10-11-18(22)19(12-15)24-21(26)17-9-5-7-14-6-3-4-8-16(14)17/h3-4,6,8,10-13,17H,5,7,9H2,1-2H3,(H,23,25)(H,24,26). The highest BCUT2D eigenvalue weighted by molar-refractivity contribution is 6.34. The van der Waals surface area contributed by atoms with Crippen LogP contribution >= 0.6 is 11.6 Å². The zero-order valence-electron chi connectivity index (χ0n) is 15.0. The summed E-state index contributed by atoms with van der Waals surface area (Å²) in [5.74, 6) is -0.459. The molecule has 3 rings (SSSR count). The molecule has 2 amide bonds. The van der Waals surface area contributed by atoms with E-state index in [0.29, 0.717) is 16.3 Å². The van der Waals surface area contributed by atoms with E-state index in [1.165, 1.54) is 5.56 Å². The number of fused-ring (bicyclic) bond motifs is 1. The van der Waals surface area contributed by atoms with Crippen molar-refractivity contribution in [3.63, 3.8) is 0 Å². The zero-order valence-corrected chi connectivity index (χ0v) is 15.8. The molecular weight excluding hydrogens is 348 g/mol. The summed E-state index contributed by atoms with van der Waals surface area (Å²) < 4.78 is 0. The average Bonchev–Trinajstić information content (AvgIpc) is 2.62. The third-order valence-corrected chi connectivity index (χ3v) is 4.92. The largest absolute Gasteiger partial charge is 0.350 e. The van der Waals surface area contributed by atoms with Crippen LogP contribution in [0, 0.1) is 0 Å². The second-order valence-corrected chi connectivity index (χ2v) is 7.36. The van der Waals surface area contributed by atoms with Gasteiger partial charge in [0.2, 0.25) is 5.91 Å². The molecule has 0 heterocycles. The first kappa shape index (κ1) is 18.5. The molecule has 2 aromatic carbocycles. The highest BCUT2D eigenvalue weighted by Crippen LogP contribution is 2.33. The smallest absolute Gasteiger partial charge is 0.251 e. The van der Waals surface area contributed by atoms with Gasteiger partial charge >= 0.3 is 0 Å². The fraction of sp³-hybridized carbons (Fsp3) is 0.333. The van der Waals surface area contributed by atoms with Crippen molar-refractivity contribution in [2.24, 2.45) is 0 Å². The van der Waals surface area contributed by atoms with E-state index in [4.69, 9.17) is 11.6 Å². The number of hydrogen-bond donors (Lipinski definition) is 2. The molecule has 5 heteroatoms. The van der Waals surface area contributed by atoms with Gasteiger partial charge in [-0.3, -0.25) is 9.59 Å². The number of carbonyl (C=O) groups excluding carboxylic acids is 2. The molecule has 2 N–H and O–H groups in total. The minimum absolute atomic E-state index is 0.0370. The molecule has 136 valence electrons. The molecule has 2 aromatic rings. The molecule has 1 unspecified atom stereocenters. The Morgan fingerprint density at radius 1 is 1.15 bits per heavy atom. The van der Waals surface area contributed by atoms with E-state index in [-0.39, 0.29) is 23.8 Å². The lowest BCUT2D eigenvalue weighted by Gasteiger charge is -2.25. The molecule has 4 nitrogen and oxygen atoms in total. The number of anilines is 1. The maximum Gasteiger partial charge on any atom is 0.251 e. The first-order chi connectivity index (χ1) is 12.5. The Kier molecular flexibility index (Phi) is 5.62. The monoisotopic (exact) mass is 370 g/mol. The van der Waals surface area contributed by atoms with Crippen LogP contribution in [0.2, 0.25) is 5.02 Å². The van der Waals surface area contributed by atoms with Gasteiger partial charge in [-0.1, -0.05) is 35.9 Å².